The van der Waals surface area contributed by atoms with Crippen LogP contribution in [0, 0.1) is 12.8 Å². The minimum Gasteiger partial charge on any atom is -0.481 e. The third kappa shape index (κ3) is 9.59. The van der Waals surface area contributed by atoms with Gasteiger partial charge in [-0.25, -0.2) is 0 Å². The first-order valence-electron chi connectivity index (χ1n) is 10.8. The monoisotopic (exact) mass is 404 g/mol. The van der Waals surface area contributed by atoms with Crippen molar-refractivity contribution in [2.24, 2.45) is 5.92 Å². The van der Waals surface area contributed by atoms with Crippen molar-refractivity contribution in [3.05, 3.63) is 29.8 Å². The van der Waals surface area contributed by atoms with E-state index in [1.807, 2.05) is 19.1 Å². The number of benzene rings is 1. The van der Waals surface area contributed by atoms with Gasteiger partial charge in [0, 0.05) is 25.2 Å². The summed E-state index contributed by atoms with van der Waals surface area (Å²) < 4.78 is 0. The molecule has 6 heteroatoms. The molecule has 2 N–H and O–H groups in total. The number of nitrogens with one attached hydrogen (secondary N) is 1. The van der Waals surface area contributed by atoms with E-state index < -0.39 is 17.8 Å². The molecule has 0 bridgehead atoms. The Bertz CT molecular complexity index is 633. The van der Waals surface area contributed by atoms with E-state index in [1.165, 1.54) is 0 Å². The molecular formula is C23H36N2O4. The molecule has 6 nitrogen and oxygen atoms in total. The Labute approximate surface area is 174 Å². The van der Waals surface area contributed by atoms with Crippen molar-refractivity contribution < 1.29 is 19.5 Å². The average Bonchev–Trinajstić information content (AvgIpc) is 2.68. The van der Waals surface area contributed by atoms with Gasteiger partial charge < -0.3 is 15.3 Å². The summed E-state index contributed by atoms with van der Waals surface area (Å²) in [4.78, 5) is 38.9. The van der Waals surface area contributed by atoms with Crippen molar-refractivity contribution in [1.82, 2.24) is 4.90 Å². The molecule has 0 saturated carbocycles. The fraction of sp³-hybridized carbons (Fsp3) is 0.609. The number of nitrogens with zero attached hydrogens (tertiary/aromatic N) is 1. The van der Waals surface area contributed by atoms with Gasteiger partial charge in [-0.15, -0.1) is 0 Å². The normalized spacial score (nSPS) is 11.7. The molecular weight excluding hydrogens is 368 g/mol. The predicted molar refractivity (Wildman–Crippen MR) is 116 cm³/mol. The maximum Gasteiger partial charge on any atom is 0.303 e. The molecule has 1 rings (SSSR count). The lowest BCUT2D eigenvalue weighted by atomic mass is 9.99. The van der Waals surface area contributed by atoms with E-state index >= 15 is 0 Å². The number of carboxylic acid groups (broad SMARTS) is 1. The van der Waals surface area contributed by atoms with Crippen LogP contribution in [-0.2, 0) is 14.4 Å². The van der Waals surface area contributed by atoms with E-state index in [9.17, 15) is 14.4 Å². The number of hydrogen-bond donors (Lipinski definition) is 2. The van der Waals surface area contributed by atoms with Crippen molar-refractivity contribution in [2.75, 3.05) is 18.4 Å². The second-order valence-electron chi connectivity index (χ2n) is 7.58. The van der Waals surface area contributed by atoms with Crippen LogP contribution >= 0.6 is 0 Å². The summed E-state index contributed by atoms with van der Waals surface area (Å²) in [7, 11) is 0. The molecule has 162 valence electrons. The minimum atomic E-state index is -1.01. The van der Waals surface area contributed by atoms with Gasteiger partial charge in [0.25, 0.3) is 0 Å². The largest absolute Gasteiger partial charge is 0.481 e. The number of carbonyl (C=O) groups excluding carboxylic acids is 2. The van der Waals surface area contributed by atoms with Gasteiger partial charge in [-0.1, -0.05) is 57.2 Å². The van der Waals surface area contributed by atoms with Gasteiger partial charge in [-0.05, 0) is 38.3 Å². The maximum absolute atomic E-state index is 13.2. The zero-order valence-electron chi connectivity index (χ0n) is 18.1. The summed E-state index contributed by atoms with van der Waals surface area (Å²) in [5.41, 5.74) is 1.68. The highest BCUT2D eigenvalue weighted by atomic mass is 16.4. The highest BCUT2D eigenvalue weighted by Crippen LogP contribution is 2.17. The lowest BCUT2D eigenvalue weighted by Gasteiger charge is -2.27. The number of carbonyl (C=O) groups is 3. The molecule has 0 aliphatic rings. The molecule has 0 aliphatic carbocycles. The van der Waals surface area contributed by atoms with E-state index in [-0.39, 0.29) is 18.7 Å². The fourth-order valence-electron chi connectivity index (χ4n) is 3.16. The molecule has 0 spiro atoms. The van der Waals surface area contributed by atoms with Crippen LogP contribution in [-0.4, -0.2) is 40.9 Å². The van der Waals surface area contributed by atoms with Gasteiger partial charge in [0.05, 0.1) is 0 Å². The lowest BCUT2D eigenvalue weighted by Crippen LogP contribution is -2.42. The van der Waals surface area contributed by atoms with E-state index in [0.29, 0.717) is 18.8 Å². The first-order valence-corrected chi connectivity index (χ1v) is 10.8. The van der Waals surface area contributed by atoms with Gasteiger partial charge in [-0.2, -0.15) is 0 Å². The summed E-state index contributed by atoms with van der Waals surface area (Å²) >= 11 is 0. The first-order chi connectivity index (χ1) is 13.9. The smallest absolute Gasteiger partial charge is 0.303 e. The molecule has 0 heterocycles. The standard InChI is InChI=1S/C23H36N2O4/c1-4-6-8-16-25(17-9-7-5-2)23(29)20(14-15-21(26)27)22(28)24-19-12-10-18(3)11-13-19/h10-13,20H,4-9,14-17H2,1-3H3,(H,24,28)(H,26,27). The summed E-state index contributed by atoms with van der Waals surface area (Å²) in [5.74, 6) is -2.69. The molecule has 1 aromatic rings. The SMILES string of the molecule is CCCCCN(CCCCC)C(=O)C(CCC(=O)O)C(=O)Nc1ccc(C)cc1. The molecule has 0 saturated heterocycles. The van der Waals surface area contributed by atoms with Gasteiger partial charge in [0.15, 0.2) is 0 Å². The van der Waals surface area contributed by atoms with Crippen LogP contribution in [0.1, 0.15) is 70.8 Å². The second kappa shape index (κ2) is 13.7. The maximum atomic E-state index is 13.2. The first kappa shape index (κ1) is 24.7. The average molecular weight is 405 g/mol. The third-order valence-corrected chi connectivity index (χ3v) is 4.96. The zero-order valence-corrected chi connectivity index (χ0v) is 18.1. The molecule has 0 aromatic heterocycles. The number of aliphatic carboxylic acids is 1. The third-order valence-electron chi connectivity index (χ3n) is 4.96. The topological polar surface area (TPSA) is 86.7 Å². The van der Waals surface area contributed by atoms with E-state index in [2.05, 4.69) is 19.2 Å². The van der Waals surface area contributed by atoms with Crippen molar-refractivity contribution in [2.45, 2.75) is 72.1 Å². The Hall–Kier alpha value is -2.37. The number of carboxylic acids is 1. The number of anilines is 1. The number of hydrogen-bond acceptors (Lipinski definition) is 3. The van der Waals surface area contributed by atoms with Gasteiger partial charge in [-0.3, -0.25) is 14.4 Å². The lowest BCUT2D eigenvalue weighted by molar-refractivity contribution is -0.142. The highest BCUT2D eigenvalue weighted by molar-refractivity contribution is 6.06. The van der Waals surface area contributed by atoms with E-state index in [1.54, 1.807) is 17.0 Å². The number of rotatable bonds is 14. The van der Waals surface area contributed by atoms with E-state index in [4.69, 9.17) is 5.11 Å². The summed E-state index contributed by atoms with van der Waals surface area (Å²) in [6, 6.07) is 7.33. The highest BCUT2D eigenvalue weighted by Gasteiger charge is 2.31. The van der Waals surface area contributed by atoms with Crippen molar-refractivity contribution >= 4 is 23.5 Å². The summed E-state index contributed by atoms with van der Waals surface area (Å²) in [5, 5.41) is 11.9. The summed E-state index contributed by atoms with van der Waals surface area (Å²) in [6.45, 7) is 7.38. The second-order valence-corrected chi connectivity index (χ2v) is 7.58. The Morgan fingerprint density at radius 2 is 1.52 bits per heavy atom. The van der Waals surface area contributed by atoms with Crippen LogP contribution in [0.2, 0.25) is 0 Å². The molecule has 0 radical (unpaired) electrons. The Morgan fingerprint density at radius 1 is 0.966 bits per heavy atom. The summed E-state index contributed by atoms with van der Waals surface area (Å²) in [6.07, 6.45) is 5.71. The molecule has 2 amide bonds. The molecule has 1 unspecified atom stereocenters. The van der Waals surface area contributed by atoms with E-state index in [0.717, 1.165) is 44.1 Å². The van der Waals surface area contributed by atoms with Crippen molar-refractivity contribution in [3.63, 3.8) is 0 Å². The Morgan fingerprint density at radius 3 is 2.00 bits per heavy atom. The quantitative estimate of drug-likeness (QED) is 0.350. The molecule has 1 aromatic carbocycles. The van der Waals surface area contributed by atoms with Gasteiger partial charge in [0.2, 0.25) is 11.8 Å². The molecule has 0 aliphatic heterocycles. The minimum absolute atomic E-state index is 0.00389. The number of unbranched alkanes of at least 4 members (excludes halogenated alkanes) is 4. The Kier molecular flexibility index (Phi) is 11.7. The molecule has 29 heavy (non-hydrogen) atoms. The van der Waals surface area contributed by atoms with Crippen LogP contribution in [0.5, 0.6) is 0 Å². The predicted octanol–water partition coefficient (Wildman–Crippen LogP) is 4.62. The van der Waals surface area contributed by atoms with Crippen molar-refractivity contribution in [1.29, 1.82) is 0 Å². The number of amides is 2. The van der Waals surface area contributed by atoms with Crippen LogP contribution in [0.15, 0.2) is 24.3 Å². The van der Waals surface area contributed by atoms with Crippen LogP contribution in [0.25, 0.3) is 0 Å². The zero-order chi connectivity index (χ0) is 21.6. The van der Waals surface area contributed by atoms with Crippen LogP contribution in [0.4, 0.5) is 5.69 Å². The number of aryl methyl sites for hydroxylation is 1. The van der Waals surface area contributed by atoms with Gasteiger partial charge >= 0.3 is 5.97 Å². The molecule has 0 fully saturated rings. The van der Waals surface area contributed by atoms with Crippen molar-refractivity contribution in [3.8, 4) is 0 Å². The molecule has 1 atom stereocenters. The van der Waals surface area contributed by atoms with Crippen LogP contribution in [0.3, 0.4) is 0 Å². The Balaban J connectivity index is 2.92. The fourth-order valence-corrected chi connectivity index (χ4v) is 3.16. The van der Waals surface area contributed by atoms with Crippen LogP contribution < -0.4 is 5.32 Å². The van der Waals surface area contributed by atoms with Gasteiger partial charge in [0.1, 0.15) is 5.92 Å².